The summed E-state index contributed by atoms with van der Waals surface area (Å²) in [6, 6.07) is 44.0. The van der Waals surface area contributed by atoms with E-state index in [1.54, 1.807) is 0 Å². The second-order valence-electron chi connectivity index (χ2n) is 18.4. The van der Waals surface area contributed by atoms with Crippen molar-refractivity contribution < 1.29 is 40.8 Å². The maximum atomic E-state index is 13.1. The molecule has 0 bridgehead atoms. The van der Waals surface area contributed by atoms with Crippen LogP contribution < -0.4 is 10.4 Å². The average Bonchev–Trinajstić information content (AvgIpc) is 4.08. The number of unbranched alkanes of at least 4 members (excludes halogenated alkanes) is 3. The first kappa shape index (κ1) is 51.0. The third kappa shape index (κ3) is 13.8. The lowest BCUT2D eigenvalue weighted by Gasteiger charge is -2.48. The van der Waals surface area contributed by atoms with Gasteiger partial charge in [-0.3, -0.25) is 4.18 Å². The van der Waals surface area contributed by atoms with E-state index in [1.165, 1.54) is 10.4 Å². The number of hydrogen-bond acceptors (Lipinski definition) is 9. The van der Waals surface area contributed by atoms with Crippen LogP contribution in [-0.2, 0) is 50.6 Å². The van der Waals surface area contributed by atoms with Gasteiger partial charge in [-0.25, -0.2) is 0 Å². The molecule has 1 saturated heterocycles. The summed E-state index contributed by atoms with van der Waals surface area (Å²) in [6.45, 7) is 16.5. The summed E-state index contributed by atoms with van der Waals surface area (Å²) in [6.07, 6.45) is 1.16. The van der Waals surface area contributed by atoms with Crippen molar-refractivity contribution in [3.05, 3.63) is 132 Å². The minimum absolute atomic E-state index is 0.0989. The van der Waals surface area contributed by atoms with E-state index in [-0.39, 0.29) is 24.9 Å². The van der Waals surface area contributed by atoms with Gasteiger partial charge in [-0.2, -0.15) is 8.42 Å². The summed E-state index contributed by atoms with van der Waals surface area (Å²) in [4.78, 5) is 0. The quantitative estimate of drug-likeness (QED) is 0.0258. The molecule has 6 atom stereocenters. The second kappa shape index (κ2) is 23.4. The van der Waals surface area contributed by atoms with Gasteiger partial charge in [0, 0.05) is 6.61 Å². The van der Waals surface area contributed by atoms with Crippen molar-refractivity contribution in [3.8, 4) is 0 Å². The highest BCUT2D eigenvalue weighted by Crippen LogP contribution is 2.42. The SMILES string of the molecule is CC[Si](CC)(CC)O[C@](C)(CCCCCCO[Si](c1ccccc1)(c1ccccc1)C(C)(C)C)[C@H](OCc1ccccc1)[C@@H](OCc1ccccc1)[C@H](OS(C)(=O)=O)[C@H]1O[C@H]1CO. The molecule has 1 aliphatic rings. The van der Waals surface area contributed by atoms with Gasteiger partial charge in [0.15, 0.2) is 8.32 Å². The first-order chi connectivity index (χ1) is 30.1. The summed E-state index contributed by atoms with van der Waals surface area (Å²) < 4.78 is 66.8. The molecule has 4 aromatic carbocycles. The summed E-state index contributed by atoms with van der Waals surface area (Å²) >= 11 is 0. The number of rotatable bonds is 28. The highest BCUT2D eigenvalue weighted by atomic mass is 32.2. The van der Waals surface area contributed by atoms with Crippen molar-refractivity contribution in [1.82, 2.24) is 0 Å². The second-order valence-corrected chi connectivity index (χ2v) is 29.0. The van der Waals surface area contributed by atoms with E-state index in [2.05, 4.69) is 109 Å². The van der Waals surface area contributed by atoms with Gasteiger partial charge < -0.3 is 28.2 Å². The lowest BCUT2D eigenvalue weighted by molar-refractivity contribution is -0.191. The van der Waals surface area contributed by atoms with E-state index in [4.69, 9.17) is 27.2 Å². The number of aliphatic hydroxyl groups excluding tert-OH is 1. The van der Waals surface area contributed by atoms with E-state index in [1.807, 2.05) is 60.7 Å². The molecule has 0 amide bonds. The third-order valence-corrected chi connectivity index (χ3v) is 23.3. The van der Waals surface area contributed by atoms with Crippen LogP contribution in [0.2, 0.25) is 23.2 Å². The molecule has 1 aliphatic heterocycles. The van der Waals surface area contributed by atoms with E-state index in [0.717, 1.165) is 61.2 Å². The predicted octanol–water partition coefficient (Wildman–Crippen LogP) is 9.57. The Labute approximate surface area is 381 Å². The van der Waals surface area contributed by atoms with Gasteiger partial charge in [0.1, 0.15) is 30.5 Å². The van der Waals surface area contributed by atoms with Crippen LogP contribution in [0.3, 0.4) is 0 Å². The molecule has 346 valence electrons. The molecule has 0 saturated carbocycles. The van der Waals surface area contributed by atoms with Gasteiger partial charge in [-0.05, 0) is 64.4 Å². The van der Waals surface area contributed by atoms with Crippen molar-refractivity contribution in [2.75, 3.05) is 19.5 Å². The molecule has 0 aliphatic carbocycles. The van der Waals surface area contributed by atoms with Crippen LogP contribution in [0.5, 0.6) is 0 Å². The minimum atomic E-state index is -4.01. The number of aliphatic hydroxyl groups is 1. The number of ether oxygens (including phenoxy) is 3. The Balaban J connectivity index is 1.46. The summed E-state index contributed by atoms with van der Waals surface area (Å²) in [5.74, 6) is 0. The van der Waals surface area contributed by atoms with Crippen molar-refractivity contribution in [1.29, 1.82) is 0 Å². The molecule has 0 unspecified atom stereocenters. The van der Waals surface area contributed by atoms with Crippen LogP contribution in [0.25, 0.3) is 0 Å². The Hall–Kier alpha value is -3.02. The largest absolute Gasteiger partial charge is 0.409 e. The molecular formula is C51H74O9SSi2. The molecule has 1 fully saturated rings. The maximum absolute atomic E-state index is 13.1. The van der Waals surface area contributed by atoms with Crippen LogP contribution in [0.4, 0.5) is 0 Å². The maximum Gasteiger partial charge on any atom is 0.264 e. The zero-order chi connectivity index (χ0) is 45.6. The highest BCUT2D eigenvalue weighted by Gasteiger charge is 2.57. The topological polar surface area (TPSA) is 113 Å². The first-order valence-electron chi connectivity index (χ1n) is 23.0. The molecule has 1 N–H and O–H groups in total. The van der Waals surface area contributed by atoms with Crippen molar-refractivity contribution >= 4 is 37.1 Å². The van der Waals surface area contributed by atoms with Crippen LogP contribution in [0.15, 0.2) is 121 Å². The van der Waals surface area contributed by atoms with Gasteiger partial charge in [-0.1, -0.05) is 182 Å². The molecule has 0 aromatic heterocycles. The third-order valence-electron chi connectivity index (χ3n) is 12.9. The normalized spacial score (nSPS) is 18.4. The Kier molecular flexibility index (Phi) is 19.0. The monoisotopic (exact) mass is 918 g/mol. The molecule has 63 heavy (non-hydrogen) atoms. The summed E-state index contributed by atoms with van der Waals surface area (Å²) in [5.41, 5.74) is 0.965. The van der Waals surface area contributed by atoms with E-state index in [9.17, 15) is 13.5 Å². The number of benzene rings is 4. The molecule has 9 nitrogen and oxygen atoms in total. The standard InChI is InChI=1S/C51H74O9SSi2/c1-9-62(10-2,11-3)60-51(7,36-26-12-13-27-37-57-63(50(4,5)6,43-32-22-16-23-33-43)44-34-24-17-25-35-44)49(56-40-42-30-20-15-21-31-42)48(55-39-41-28-18-14-19-29-41)47(59-61(8,53)54)46-45(38-52)58-46/h14-25,28-35,45-49,52H,9-13,26-27,36-40H2,1-8H3/t45-,46-,47+,48-,49+,51+/m0/s1. The molecule has 5 rings (SSSR count). The summed E-state index contributed by atoms with van der Waals surface area (Å²) in [7, 11) is -8.99. The van der Waals surface area contributed by atoms with Gasteiger partial charge in [-0.15, -0.1) is 0 Å². The first-order valence-corrected chi connectivity index (χ1v) is 29.3. The van der Waals surface area contributed by atoms with Crippen molar-refractivity contribution in [3.63, 3.8) is 0 Å². The Morgan fingerprint density at radius 3 is 1.60 bits per heavy atom. The fraction of sp³-hybridized carbons (Fsp3) is 0.529. The summed E-state index contributed by atoms with van der Waals surface area (Å²) in [5, 5.41) is 12.6. The Morgan fingerprint density at radius 2 is 1.16 bits per heavy atom. The van der Waals surface area contributed by atoms with Gasteiger partial charge in [0.25, 0.3) is 18.4 Å². The highest BCUT2D eigenvalue weighted by molar-refractivity contribution is 7.86. The lowest BCUT2D eigenvalue weighted by Crippen LogP contribution is -2.66. The minimum Gasteiger partial charge on any atom is -0.409 e. The van der Waals surface area contributed by atoms with Gasteiger partial charge in [0.05, 0.1) is 31.7 Å². The molecule has 1 heterocycles. The Morgan fingerprint density at radius 1 is 0.683 bits per heavy atom. The van der Waals surface area contributed by atoms with Crippen LogP contribution in [-0.4, -0.2) is 85.7 Å². The van der Waals surface area contributed by atoms with Crippen LogP contribution >= 0.6 is 0 Å². The molecule has 0 radical (unpaired) electrons. The molecule has 4 aromatic rings. The molecule has 0 spiro atoms. The van der Waals surface area contributed by atoms with Crippen LogP contribution in [0, 0.1) is 0 Å². The zero-order valence-electron chi connectivity index (χ0n) is 39.0. The van der Waals surface area contributed by atoms with Crippen LogP contribution in [0.1, 0.15) is 91.7 Å². The van der Waals surface area contributed by atoms with Crippen molar-refractivity contribution in [2.45, 2.75) is 153 Å². The average molecular weight is 919 g/mol. The molecule has 12 heteroatoms. The van der Waals surface area contributed by atoms with E-state index in [0.29, 0.717) is 13.0 Å². The fourth-order valence-electron chi connectivity index (χ4n) is 9.22. The molecular weight excluding hydrogens is 845 g/mol. The number of hydrogen-bond donors (Lipinski definition) is 1. The smallest absolute Gasteiger partial charge is 0.264 e. The van der Waals surface area contributed by atoms with Crippen molar-refractivity contribution in [2.24, 2.45) is 0 Å². The van der Waals surface area contributed by atoms with E-state index >= 15 is 0 Å². The predicted molar refractivity (Wildman–Crippen MR) is 259 cm³/mol. The Bertz CT molecular complexity index is 1970. The lowest BCUT2D eigenvalue weighted by atomic mass is 9.85. The van der Waals surface area contributed by atoms with Gasteiger partial charge in [0.2, 0.25) is 0 Å². The number of epoxide rings is 1. The van der Waals surface area contributed by atoms with Gasteiger partial charge >= 0.3 is 0 Å². The van der Waals surface area contributed by atoms with E-state index < -0.39 is 62.9 Å². The fourth-order valence-corrected chi connectivity index (χ4v) is 17.6. The zero-order valence-corrected chi connectivity index (χ0v) is 41.9.